The first-order valence-electron chi connectivity index (χ1n) is 7.67. The van der Waals surface area contributed by atoms with Gasteiger partial charge in [0.05, 0.1) is 25.9 Å². The molecule has 2 rings (SSSR count). The predicted molar refractivity (Wildman–Crippen MR) is 76.6 cm³/mol. The van der Waals surface area contributed by atoms with Crippen molar-refractivity contribution in [3.05, 3.63) is 0 Å². The van der Waals surface area contributed by atoms with Crippen molar-refractivity contribution in [1.82, 2.24) is 14.7 Å². The Balaban J connectivity index is 1.75. The summed E-state index contributed by atoms with van der Waals surface area (Å²) in [7, 11) is 0. The smallest absolute Gasteiger partial charge is 0.236 e. The predicted octanol–water partition coefficient (Wildman–Crippen LogP) is -0.766. The van der Waals surface area contributed by atoms with Gasteiger partial charge in [-0.25, -0.2) is 0 Å². The number of morpholine rings is 1. The molecule has 1 atom stereocenters. The van der Waals surface area contributed by atoms with E-state index in [9.17, 15) is 9.90 Å². The normalized spacial score (nSPS) is 24.7. The van der Waals surface area contributed by atoms with E-state index in [4.69, 9.17) is 4.74 Å². The minimum atomic E-state index is -0.394. The standard InChI is InChI=1S/C14H27N3O3/c1-2-17-5-3-4-16(12-14(17)19)11-13(18)10-15-6-8-20-9-7-15/h13,18H,2-12H2,1H3. The third kappa shape index (κ3) is 4.70. The Morgan fingerprint density at radius 2 is 1.85 bits per heavy atom. The van der Waals surface area contributed by atoms with Gasteiger partial charge >= 0.3 is 0 Å². The van der Waals surface area contributed by atoms with Crippen LogP contribution in [0.25, 0.3) is 0 Å². The minimum Gasteiger partial charge on any atom is -0.390 e. The number of aliphatic hydroxyl groups excluding tert-OH is 1. The van der Waals surface area contributed by atoms with Crippen LogP contribution in [0.2, 0.25) is 0 Å². The van der Waals surface area contributed by atoms with Crippen molar-refractivity contribution in [3.8, 4) is 0 Å². The van der Waals surface area contributed by atoms with Crippen LogP contribution < -0.4 is 0 Å². The van der Waals surface area contributed by atoms with Crippen LogP contribution in [0, 0.1) is 0 Å². The number of hydrogen-bond acceptors (Lipinski definition) is 5. The van der Waals surface area contributed by atoms with Crippen LogP contribution >= 0.6 is 0 Å². The van der Waals surface area contributed by atoms with Gasteiger partial charge in [0.2, 0.25) is 5.91 Å². The van der Waals surface area contributed by atoms with E-state index >= 15 is 0 Å². The van der Waals surface area contributed by atoms with Crippen molar-refractivity contribution in [2.45, 2.75) is 19.4 Å². The molecule has 116 valence electrons. The lowest BCUT2D eigenvalue weighted by Gasteiger charge is -2.30. The van der Waals surface area contributed by atoms with Crippen molar-refractivity contribution in [2.75, 3.05) is 65.6 Å². The molecular weight excluding hydrogens is 258 g/mol. The second-order valence-electron chi connectivity index (χ2n) is 5.63. The zero-order chi connectivity index (χ0) is 14.4. The maximum atomic E-state index is 12.0. The number of amides is 1. The molecule has 0 bridgehead atoms. The van der Waals surface area contributed by atoms with Crippen LogP contribution in [0.4, 0.5) is 0 Å². The van der Waals surface area contributed by atoms with E-state index in [1.54, 1.807) is 0 Å². The van der Waals surface area contributed by atoms with Crippen LogP contribution in [0.1, 0.15) is 13.3 Å². The number of nitrogens with zero attached hydrogens (tertiary/aromatic N) is 3. The van der Waals surface area contributed by atoms with Gasteiger partial charge < -0.3 is 14.7 Å². The Kier molecular flexibility index (Phi) is 6.22. The topological polar surface area (TPSA) is 56.3 Å². The molecule has 0 aromatic rings. The highest BCUT2D eigenvalue weighted by molar-refractivity contribution is 5.78. The van der Waals surface area contributed by atoms with Crippen molar-refractivity contribution in [3.63, 3.8) is 0 Å². The second-order valence-corrected chi connectivity index (χ2v) is 5.63. The Morgan fingerprint density at radius 1 is 1.15 bits per heavy atom. The molecule has 2 aliphatic heterocycles. The van der Waals surface area contributed by atoms with E-state index in [2.05, 4.69) is 9.80 Å². The van der Waals surface area contributed by atoms with Crippen LogP contribution in [0.5, 0.6) is 0 Å². The first kappa shape index (κ1) is 15.7. The van der Waals surface area contributed by atoms with Crippen molar-refractivity contribution >= 4 is 5.91 Å². The lowest BCUT2D eigenvalue weighted by Crippen LogP contribution is -2.46. The number of carbonyl (C=O) groups is 1. The number of β-amino-alcohol motifs (C(OH)–C–C–N with tert-alkyl or cyclic N) is 1. The molecule has 2 heterocycles. The van der Waals surface area contributed by atoms with E-state index in [0.717, 1.165) is 52.4 Å². The summed E-state index contributed by atoms with van der Waals surface area (Å²) in [6.45, 7) is 9.50. The molecule has 1 N–H and O–H groups in total. The maximum absolute atomic E-state index is 12.0. The molecule has 0 radical (unpaired) electrons. The molecular formula is C14H27N3O3. The number of likely N-dealkylation sites (N-methyl/N-ethyl adjacent to an activating group) is 1. The SMILES string of the molecule is CCN1CCCN(CC(O)CN2CCOCC2)CC1=O. The van der Waals surface area contributed by atoms with E-state index in [1.165, 1.54) is 0 Å². The van der Waals surface area contributed by atoms with Crippen molar-refractivity contribution < 1.29 is 14.6 Å². The van der Waals surface area contributed by atoms with Gasteiger partial charge in [0.25, 0.3) is 0 Å². The minimum absolute atomic E-state index is 0.184. The molecule has 1 amide bonds. The number of aliphatic hydroxyl groups is 1. The molecule has 0 aromatic heterocycles. The van der Waals surface area contributed by atoms with Gasteiger partial charge in [-0.3, -0.25) is 14.6 Å². The van der Waals surface area contributed by atoms with Crippen molar-refractivity contribution in [2.24, 2.45) is 0 Å². The van der Waals surface area contributed by atoms with Crippen molar-refractivity contribution in [1.29, 1.82) is 0 Å². The Labute approximate surface area is 121 Å². The summed E-state index contributed by atoms with van der Waals surface area (Å²) in [5.41, 5.74) is 0. The fourth-order valence-corrected chi connectivity index (χ4v) is 2.91. The summed E-state index contributed by atoms with van der Waals surface area (Å²) >= 11 is 0. The quantitative estimate of drug-likeness (QED) is 0.719. The van der Waals surface area contributed by atoms with E-state index in [1.807, 2.05) is 11.8 Å². The molecule has 0 spiro atoms. The number of rotatable bonds is 5. The summed E-state index contributed by atoms with van der Waals surface area (Å²) in [5, 5.41) is 10.2. The van der Waals surface area contributed by atoms with Gasteiger partial charge in [0.15, 0.2) is 0 Å². The number of ether oxygens (including phenoxy) is 1. The fourth-order valence-electron chi connectivity index (χ4n) is 2.91. The van der Waals surface area contributed by atoms with Crippen LogP contribution in [0.15, 0.2) is 0 Å². The monoisotopic (exact) mass is 285 g/mol. The fraction of sp³-hybridized carbons (Fsp3) is 0.929. The summed E-state index contributed by atoms with van der Waals surface area (Å²) in [4.78, 5) is 18.2. The third-order valence-electron chi connectivity index (χ3n) is 4.04. The molecule has 1 unspecified atom stereocenters. The van der Waals surface area contributed by atoms with Crippen LogP contribution in [-0.4, -0.2) is 97.4 Å². The Morgan fingerprint density at radius 3 is 2.55 bits per heavy atom. The van der Waals surface area contributed by atoms with E-state index < -0.39 is 6.10 Å². The number of carbonyl (C=O) groups excluding carboxylic acids is 1. The highest BCUT2D eigenvalue weighted by Crippen LogP contribution is 2.06. The van der Waals surface area contributed by atoms with Gasteiger partial charge in [-0.05, 0) is 13.3 Å². The lowest BCUT2D eigenvalue weighted by atomic mass is 10.2. The molecule has 6 nitrogen and oxygen atoms in total. The first-order valence-corrected chi connectivity index (χ1v) is 7.67. The molecule has 2 saturated heterocycles. The maximum Gasteiger partial charge on any atom is 0.236 e. The lowest BCUT2D eigenvalue weighted by molar-refractivity contribution is -0.131. The third-order valence-corrected chi connectivity index (χ3v) is 4.04. The molecule has 20 heavy (non-hydrogen) atoms. The van der Waals surface area contributed by atoms with Gasteiger partial charge in [-0.2, -0.15) is 0 Å². The molecule has 6 heteroatoms. The largest absolute Gasteiger partial charge is 0.390 e. The summed E-state index contributed by atoms with van der Waals surface area (Å²) < 4.78 is 5.30. The van der Waals surface area contributed by atoms with Crippen LogP contribution in [-0.2, 0) is 9.53 Å². The molecule has 0 aliphatic carbocycles. The van der Waals surface area contributed by atoms with Gasteiger partial charge in [-0.1, -0.05) is 0 Å². The average molecular weight is 285 g/mol. The van der Waals surface area contributed by atoms with Crippen LogP contribution in [0.3, 0.4) is 0 Å². The van der Waals surface area contributed by atoms with Gasteiger partial charge in [0, 0.05) is 45.8 Å². The van der Waals surface area contributed by atoms with Gasteiger partial charge in [0.1, 0.15) is 0 Å². The van der Waals surface area contributed by atoms with E-state index in [0.29, 0.717) is 19.6 Å². The summed E-state index contributed by atoms with van der Waals surface area (Å²) in [5.74, 6) is 0.184. The summed E-state index contributed by atoms with van der Waals surface area (Å²) in [6.07, 6.45) is 0.596. The van der Waals surface area contributed by atoms with E-state index in [-0.39, 0.29) is 5.91 Å². The average Bonchev–Trinajstić information content (AvgIpc) is 2.60. The Hall–Kier alpha value is -0.690. The zero-order valence-electron chi connectivity index (χ0n) is 12.5. The molecule has 0 aromatic carbocycles. The second kappa shape index (κ2) is 7.93. The summed E-state index contributed by atoms with van der Waals surface area (Å²) in [6, 6.07) is 0. The zero-order valence-corrected chi connectivity index (χ0v) is 12.5. The van der Waals surface area contributed by atoms with Gasteiger partial charge in [-0.15, -0.1) is 0 Å². The highest BCUT2D eigenvalue weighted by atomic mass is 16.5. The molecule has 2 fully saturated rings. The molecule has 2 aliphatic rings. The first-order chi connectivity index (χ1) is 9.69. The highest BCUT2D eigenvalue weighted by Gasteiger charge is 2.23. The Bertz CT molecular complexity index is 308. The number of hydrogen-bond donors (Lipinski definition) is 1. The molecule has 0 saturated carbocycles.